The molecule has 0 amide bonds. The normalized spacial score (nSPS) is 22.1. The zero-order valence-corrected chi connectivity index (χ0v) is 20.7. The number of aromatic nitrogens is 3. The highest BCUT2D eigenvalue weighted by Gasteiger charge is 2.24. The van der Waals surface area contributed by atoms with E-state index in [0.717, 1.165) is 60.5 Å². The Hall–Kier alpha value is -2.83. The molecule has 5 rings (SSSR count). The van der Waals surface area contributed by atoms with Crippen molar-refractivity contribution in [2.45, 2.75) is 63.9 Å². The van der Waals surface area contributed by atoms with Crippen LogP contribution in [0.15, 0.2) is 42.7 Å². The summed E-state index contributed by atoms with van der Waals surface area (Å²) in [4.78, 5) is 8.20. The first-order valence-electron chi connectivity index (χ1n) is 12.5. The van der Waals surface area contributed by atoms with E-state index in [2.05, 4.69) is 59.5 Å². The number of aliphatic hydroxyl groups is 1. The van der Waals surface area contributed by atoms with Gasteiger partial charge in [0.15, 0.2) is 5.88 Å². The lowest BCUT2D eigenvalue weighted by Crippen LogP contribution is -2.37. The van der Waals surface area contributed by atoms with Crippen molar-refractivity contribution in [2.75, 3.05) is 20.2 Å². The zero-order chi connectivity index (χ0) is 23.9. The van der Waals surface area contributed by atoms with E-state index in [0.29, 0.717) is 18.4 Å². The number of imidazole rings is 1. The number of hydrogen-bond donors (Lipinski definition) is 3. The molecule has 1 aromatic carbocycles. The highest BCUT2D eigenvalue weighted by molar-refractivity contribution is 5.92. The Bertz CT molecular complexity index is 1300. The lowest BCUT2D eigenvalue weighted by atomic mass is 9.87. The third-order valence-electron chi connectivity index (χ3n) is 7.32. The van der Waals surface area contributed by atoms with Gasteiger partial charge in [-0.1, -0.05) is 19.9 Å². The smallest absolute Gasteiger partial charge is 0.199 e. The predicted octanol–water partition coefficient (Wildman–Crippen LogP) is 5.61. The van der Waals surface area contributed by atoms with Gasteiger partial charge >= 0.3 is 0 Å². The van der Waals surface area contributed by atoms with Crippen LogP contribution in [0.3, 0.4) is 0 Å². The molecule has 2 unspecified atom stereocenters. The van der Waals surface area contributed by atoms with Gasteiger partial charge in [0.1, 0.15) is 5.65 Å². The number of pyridine rings is 1. The van der Waals surface area contributed by atoms with Crippen molar-refractivity contribution in [1.82, 2.24) is 19.7 Å². The van der Waals surface area contributed by atoms with Crippen LogP contribution in [0.5, 0.6) is 5.88 Å². The third-order valence-corrected chi connectivity index (χ3v) is 7.32. The first-order chi connectivity index (χ1) is 16.4. The number of hydrogen-bond acceptors (Lipinski definition) is 4. The molecule has 3 aromatic heterocycles. The number of benzene rings is 1. The number of nitrogens with zero attached hydrogens (tertiary/aromatic N) is 2. The molecule has 6 heteroatoms. The Morgan fingerprint density at radius 1 is 1.21 bits per heavy atom. The molecule has 6 nitrogen and oxygen atoms in total. The van der Waals surface area contributed by atoms with Crippen molar-refractivity contribution in [3.8, 4) is 17.1 Å². The summed E-state index contributed by atoms with van der Waals surface area (Å²) in [5.41, 5.74) is 6.37. The molecule has 0 aliphatic carbocycles. The van der Waals surface area contributed by atoms with Crippen LogP contribution in [0.1, 0.15) is 69.4 Å². The van der Waals surface area contributed by atoms with Crippen LogP contribution >= 0.6 is 0 Å². The molecule has 0 spiro atoms. The van der Waals surface area contributed by atoms with Crippen LogP contribution in [0.2, 0.25) is 0 Å². The molecule has 1 aliphatic rings. The highest BCUT2D eigenvalue weighted by atomic mass is 16.5. The molecule has 0 radical (unpaired) electrons. The van der Waals surface area contributed by atoms with E-state index >= 15 is 0 Å². The average molecular weight is 461 g/mol. The third kappa shape index (κ3) is 4.32. The molecule has 0 bridgehead atoms. The zero-order valence-electron chi connectivity index (χ0n) is 20.7. The van der Waals surface area contributed by atoms with Gasteiger partial charge in [-0.2, -0.15) is 0 Å². The van der Waals surface area contributed by atoms with Gasteiger partial charge in [-0.15, -0.1) is 0 Å². The number of methoxy groups -OCH3 is 1. The number of β-amino-alcohol motifs (C(OH)–C–C–N with tert-alkyl or cyclic N) is 1. The van der Waals surface area contributed by atoms with Crippen LogP contribution < -0.4 is 10.1 Å². The molecule has 4 heterocycles. The summed E-state index contributed by atoms with van der Waals surface area (Å²) in [6, 6.07) is 11.1. The van der Waals surface area contributed by atoms with Gasteiger partial charge in [0, 0.05) is 41.5 Å². The second-order valence-electron chi connectivity index (χ2n) is 10.4. The molecule has 34 heavy (non-hydrogen) atoms. The summed E-state index contributed by atoms with van der Waals surface area (Å²) in [7, 11) is 1.70. The lowest BCUT2D eigenvalue weighted by molar-refractivity contribution is 0.0500. The minimum Gasteiger partial charge on any atom is -0.482 e. The van der Waals surface area contributed by atoms with Crippen molar-refractivity contribution < 1.29 is 9.84 Å². The lowest BCUT2D eigenvalue weighted by Gasteiger charge is -2.22. The molecule has 2 atom stereocenters. The number of fused-ring (bicyclic) bond motifs is 2. The Balaban J connectivity index is 1.56. The summed E-state index contributed by atoms with van der Waals surface area (Å²) < 4.78 is 7.61. The summed E-state index contributed by atoms with van der Waals surface area (Å²) >= 11 is 0. The second-order valence-corrected chi connectivity index (χ2v) is 10.4. The molecular formula is C28H36N4O2. The summed E-state index contributed by atoms with van der Waals surface area (Å²) in [5, 5.41) is 15.3. The molecule has 3 N–H and O–H groups in total. The molecule has 180 valence electrons. The monoisotopic (exact) mass is 460 g/mol. The Kier molecular flexibility index (Phi) is 6.13. The van der Waals surface area contributed by atoms with E-state index in [1.807, 2.05) is 17.5 Å². The summed E-state index contributed by atoms with van der Waals surface area (Å²) in [6.45, 7) is 8.06. The summed E-state index contributed by atoms with van der Waals surface area (Å²) in [5.74, 6) is 1.62. The molecule has 1 fully saturated rings. The maximum Gasteiger partial charge on any atom is 0.199 e. The SMILES string of the molecule is COc1cc(-c2[nH]c3ccc(C4CCCC(C)(O)CNCC4)cc3c2C(C)C)cc2nccn12. The molecule has 4 aromatic rings. The van der Waals surface area contributed by atoms with Crippen LogP contribution in [-0.2, 0) is 0 Å². The van der Waals surface area contributed by atoms with E-state index in [4.69, 9.17) is 4.74 Å². The van der Waals surface area contributed by atoms with Crippen molar-refractivity contribution in [3.63, 3.8) is 0 Å². The second kappa shape index (κ2) is 9.08. The Morgan fingerprint density at radius 3 is 2.85 bits per heavy atom. The van der Waals surface area contributed by atoms with E-state index in [1.54, 1.807) is 13.3 Å². The summed E-state index contributed by atoms with van der Waals surface area (Å²) in [6.07, 6.45) is 7.78. The fraction of sp³-hybridized carbons (Fsp3) is 0.464. The van der Waals surface area contributed by atoms with Gasteiger partial charge in [-0.25, -0.2) is 4.98 Å². The molecular weight excluding hydrogens is 424 g/mol. The van der Waals surface area contributed by atoms with Gasteiger partial charge in [0.25, 0.3) is 0 Å². The fourth-order valence-corrected chi connectivity index (χ4v) is 5.53. The minimum absolute atomic E-state index is 0.360. The van der Waals surface area contributed by atoms with E-state index in [1.165, 1.54) is 16.5 Å². The van der Waals surface area contributed by atoms with Crippen molar-refractivity contribution in [1.29, 1.82) is 0 Å². The van der Waals surface area contributed by atoms with Gasteiger partial charge < -0.3 is 20.1 Å². The Morgan fingerprint density at radius 2 is 2.06 bits per heavy atom. The van der Waals surface area contributed by atoms with Crippen LogP contribution in [0.4, 0.5) is 0 Å². The molecule has 1 aliphatic heterocycles. The van der Waals surface area contributed by atoms with Crippen molar-refractivity contribution >= 4 is 16.6 Å². The van der Waals surface area contributed by atoms with Crippen LogP contribution in [0, 0.1) is 0 Å². The van der Waals surface area contributed by atoms with Gasteiger partial charge in [0.05, 0.1) is 18.4 Å². The van der Waals surface area contributed by atoms with Gasteiger partial charge in [0.2, 0.25) is 0 Å². The minimum atomic E-state index is -0.615. The number of nitrogens with one attached hydrogen (secondary N) is 2. The maximum atomic E-state index is 10.5. The first-order valence-corrected chi connectivity index (χ1v) is 12.5. The van der Waals surface area contributed by atoms with E-state index in [-0.39, 0.29) is 0 Å². The van der Waals surface area contributed by atoms with Crippen molar-refractivity contribution in [3.05, 3.63) is 53.9 Å². The standard InChI is InChI=1S/C28H36N4O2/c1-18(2)26-22-14-20(19-6-5-10-28(3,33)17-29-11-9-19)7-8-23(22)31-27(26)21-15-24-30-12-13-32(24)25(16-21)34-4/h7-8,12-16,18-19,29,31,33H,5-6,9-11,17H2,1-4H3. The number of ether oxygens (including phenoxy) is 1. The molecule has 1 saturated heterocycles. The topological polar surface area (TPSA) is 74.6 Å². The van der Waals surface area contributed by atoms with E-state index < -0.39 is 5.60 Å². The van der Waals surface area contributed by atoms with Crippen LogP contribution in [0.25, 0.3) is 27.8 Å². The number of H-pyrrole nitrogens is 1. The fourth-order valence-electron chi connectivity index (χ4n) is 5.53. The number of rotatable bonds is 4. The van der Waals surface area contributed by atoms with E-state index in [9.17, 15) is 5.11 Å². The van der Waals surface area contributed by atoms with Gasteiger partial charge in [-0.3, -0.25) is 4.40 Å². The van der Waals surface area contributed by atoms with Gasteiger partial charge in [-0.05, 0) is 80.3 Å². The first kappa shape index (κ1) is 22.9. The Labute approximate surface area is 201 Å². The molecule has 0 saturated carbocycles. The van der Waals surface area contributed by atoms with Crippen LogP contribution in [-0.4, -0.2) is 45.3 Å². The average Bonchev–Trinajstić information content (AvgIpc) is 3.44. The highest BCUT2D eigenvalue weighted by Crippen LogP contribution is 2.39. The maximum absolute atomic E-state index is 10.5. The number of aromatic amines is 1. The quantitative estimate of drug-likeness (QED) is 0.370. The van der Waals surface area contributed by atoms with Crippen molar-refractivity contribution in [2.24, 2.45) is 0 Å². The predicted molar refractivity (Wildman–Crippen MR) is 138 cm³/mol. The largest absolute Gasteiger partial charge is 0.482 e.